The molecule has 6 heteroatoms. The molecule has 0 fully saturated rings. The van der Waals surface area contributed by atoms with Crippen LogP contribution < -0.4 is 0 Å². The molecule has 0 aliphatic rings. The minimum atomic E-state index is -0.790. The molecule has 3 aromatic rings. The summed E-state index contributed by atoms with van der Waals surface area (Å²) in [7, 11) is 0. The molecule has 194 valence electrons. The van der Waals surface area contributed by atoms with E-state index >= 15 is 0 Å². The number of unbranched alkanes of at least 4 members (excludes halogenated alkanes) is 2. The molecule has 0 saturated carbocycles. The van der Waals surface area contributed by atoms with Crippen molar-refractivity contribution in [2.75, 3.05) is 0 Å². The van der Waals surface area contributed by atoms with Crippen LogP contribution in [0, 0.1) is 34.9 Å². The average Bonchev–Trinajstić information content (AvgIpc) is 2.80. The van der Waals surface area contributed by atoms with E-state index in [0.717, 1.165) is 31.4 Å². The molecule has 0 heterocycles. The van der Waals surface area contributed by atoms with Crippen LogP contribution in [-0.2, 0) is 38.5 Å². The summed E-state index contributed by atoms with van der Waals surface area (Å²) in [4.78, 5) is 0. The Morgan fingerprint density at radius 3 is 1.06 bits per heavy atom. The minimum absolute atomic E-state index is 0.0363. The van der Waals surface area contributed by atoms with E-state index in [-0.39, 0.29) is 47.9 Å². The van der Waals surface area contributed by atoms with Gasteiger partial charge in [-0.15, -0.1) is 0 Å². The standard InChI is InChI=1S/C30H32F6/c1-3-5-6-8-22-25(31)15-20(16-26(22)32)9-12-24-29(35)17-21(18-30(24)36)10-11-23-27(33)13-19(7-4-2)14-28(23)34/h13-18H,3-12H2,1-2H3. The highest BCUT2D eigenvalue weighted by Gasteiger charge is 2.16. The maximum absolute atomic E-state index is 14.7. The molecule has 0 saturated heterocycles. The average molecular weight is 507 g/mol. The molecule has 3 rings (SSSR count). The van der Waals surface area contributed by atoms with Crippen molar-refractivity contribution in [1.82, 2.24) is 0 Å². The fourth-order valence-electron chi connectivity index (χ4n) is 4.50. The van der Waals surface area contributed by atoms with Crippen molar-refractivity contribution >= 4 is 0 Å². The Labute approximate surface area is 209 Å². The molecule has 0 nitrogen and oxygen atoms in total. The Kier molecular flexibility index (Phi) is 10.0. The zero-order valence-electron chi connectivity index (χ0n) is 20.8. The molecule has 0 aliphatic heterocycles. The molecule has 0 atom stereocenters. The van der Waals surface area contributed by atoms with E-state index in [4.69, 9.17) is 0 Å². The second kappa shape index (κ2) is 13.0. The van der Waals surface area contributed by atoms with Crippen LogP contribution in [0.1, 0.15) is 72.9 Å². The van der Waals surface area contributed by atoms with Gasteiger partial charge in [0.1, 0.15) is 34.9 Å². The zero-order valence-corrected chi connectivity index (χ0v) is 20.8. The second-order valence-corrected chi connectivity index (χ2v) is 9.32. The minimum Gasteiger partial charge on any atom is -0.207 e. The molecule has 36 heavy (non-hydrogen) atoms. The summed E-state index contributed by atoms with van der Waals surface area (Å²) in [6.07, 6.45) is 4.16. The summed E-state index contributed by atoms with van der Waals surface area (Å²) in [5.74, 6) is -4.18. The van der Waals surface area contributed by atoms with Crippen LogP contribution in [-0.4, -0.2) is 0 Å². The maximum atomic E-state index is 14.7. The van der Waals surface area contributed by atoms with Crippen LogP contribution in [0.4, 0.5) is 26.3 Å². The van der Waals surface area contributed by atoms with Gasteiger partial charge < -0.3 is 0 Å². The Hall–Kier alpha value is -2.76. The van der Waals surface area contributed by atoms with E-state index in [1.165, 1.54) is 24.3 Å². The first kappa shape index (κ1) is 27.8. The Bertz CT molecular complexity index is 1120. The Morgan fingerprint density at radius 2 is 0.722 bits per heavy atom. The van der Waals surface area contributed by atoms with Gasteiger partial charge in [-0.1, -0.05) is 33.1 Å². The number of halogens is 6. The molecular formula is C30H32F6. The molecular weight excluding hydrogens is 474 g/mol. The SMILES string of the molecule is CCCCCc1c(F)cc(CCc2c(F)cc(CCc3c(F)cc(CCC)cc3F)cc2F)cc1F. The highest BCUT2D eigenvalue weighted by molar-refractivity contribution is 5.32. The molecule has 3 aromatic carbocycles. The van der Waals surface area contributed by atoms with Gasteiger partial charge in [0.15, 0.2) is 0 Å². The molecule has 0 N–H and O–H groups in total. The molecule has 0 aromatic heterocycles. The fourth-order valence-corrected chi connectivity index (χ4v) is 4.50. The lowest BCUT2D eigenvalue weighted by atomic mass is 9.97. The van der Waals surface area contributed by atoms with E-state index in [1.54, 1.807) is 0 Å². The van der Waals surface area contributed by atoms with Crippen LogP contribution >= 0.6 is 0 Å². The van der Waals surface area contributed by atoms with Gasteiger partial charge in [-0.25, -0.2) is 26.3 Å². The maximum Gasteiger partial charge on any atom is 0.129 e. The van der Waals surface area contributed by atoms with E-state index in [9.17, 15) is 26.3 Å². The van der Waals surface area contributed by atoms with Crippen LogP contribution in [0.3, 0.4) is 0 Å². The summed E-state index contributed by atoms with van der Waals surface area (Å²) in [6.45, 7) is 3.92. The molecule has 0 unspecified atom stereocenters. The highest BCUT2D eigenvalue weighted by atomic mass is 19.2. The van der Waals surface area contributed by atoms with Gasteiger partial charge in [0, 0.05) is 16.7 Å². The van der Waals surface area contributed by atoms with E-state index in [2.05, 4.69) is 0 Å². The van der Waals surface area contributed by atoms with Crippen molar-refractivity contribution in [3.05, 3.63) is 105 Å². The summed E-state index contributed by atoms with van der Waals surface area (Å²) in [6, 6.07) is 7.35. The first-order chi connectivity index (χ1) is 17.2. The third-order valence-corrected chi connectivity index (χ3v) is 6.50. The van der Waals surface area contributed by atoms with Crippen LogP contribution in [0.15, 0.2) is 36.4 Å². The number of hydrogen-bond donors (Lipinski definition) is 0. The molecule has 0 aliphatic carbocycles. The quantitative estimate of drug-likeness (QED) is 0.170. The van der Waals surface area contributed by atoms with E-state index < -0.39 is 34.9 Å². The van der Waals surface area contributed by atoms with Crippen molar-refractivity contribution in [2.45, 2.75) is 78.1 Å². The Morgan fingerprint density at radius 1 is 0.389 bits per heavy atom. The predicted octanol–water partition coefficient (Wildman–Crippen LogP) is 8.78. The van der Waals surface area contributed by atoms with Crippen LogP contribution in [0.2, 0.25) is 0 Å². The summed E-state index contributed by atoms with van der Waals surface area (Å²) in [5.41, 5.74) is 0.920. The normalized spacial score (nSPS) is 11.3. The number of rotatable bonds is 12. The van der Waals surface area contributed by atoms with Gasteiger partial charge in [-0.05, 0) is 98.0 Å². The van der Waals surface area contributed by atoms with E-state index in [1.807, 2.05) is 13.8 Å². The third-order valence-electron chi connectivity index (χ3n) is 6.50. The van der Waals surface area contributed by atoms with E-state index in [0.29, 0.717) is 30.4 Å². The highest BCUT2D eigenvalue weighted by Crippen LogP contribution is 2.24. The largest absolute Gasteiger partial charge is 0.207 e. The lowest BCUT2D eigenvalue weighted by molar-refractivity contribution is 0.539. The van der Waals surface area contributed by atoms with Gasteiger partial charge in [-0.3, -0.25) is 0 Å². The number of benzene rings is 3. The van der Waals surface area contributed by atoms with Gasteiger partial charge in [0.2, 0.25) is 0 Å². The fraction of sp³-hybridized carbons (Fsp3) is 0.400. The van der Waals surface area contributed by atoms with Crippen LogP contribution in [0.25, 0.3) is 0 Å². The van der Waals surface area contributed by atoms with Crippen molar-refractivity contribution in [2.24, 2.45) is 0 Å². The molecule has 0 radical (unpaired) electrons. The Balaban J connectivity index is 1.67. The second-order valence-electron chi connectivity index (χ2n) is 9.32. The lowest BCUT2D eigenvalue weighted by Crippen LogP contribution is -2.05. The van der Waals surface area contributed by atoms with Gasteiger partial charge in [0.05, 0.1) is 0 Å². The third kappa shape index (κ3) is 7.14. The topological polar surface area (TPSA) is 0 Å². The predicted molar refractivity (Wildman–Crippen MR) is 131 cm³/mol. The summed E-state index contributed by atoms with van der Waals surface area (Å²) >= 11 is 0. The number of aryl methyl sites for hydroxylation is 3. The van der Waals surface area contributed by atoms with Crippen molar-refractivity contribution in [3.63, 3.8) is 0 Å². The molecule has 0 bridgehead atoms. The van der Waals surface area contributed by atoms with Crippen molar-refractivity contribution in [1.29, 1.82) is 0 Å². The first-order valence-corrected chi connectivity index (χ1v) is 12.6. The summed E-state index contributed by atoms with van der Waals surface area (Å²) < 4.78 is 86.8. The first-order valence-electron chi connectivity index (χ1n) is 12.6. The van der Waals surface area contributed by atoms with Gasteiger partial charge in [0.25, 0.3) is 0 Å². The lowest BCUT2D eigenvalue weighted by Gasteiger charge is -2.11. The zero-order chi connectivity index (χ0) is 26.2. The number of hydrogen-bond acceptors (Lipinski definition) is 0. The molecule has 0 spiro atoms. The monoisotopic (exact) mass is 506 g/mol. The van der Waals surface area contributed by atoms with Gasteiger partial charge in [-0.2, -0.15) is 0 Å². The summed E-state index contributed by atoms with van der Waals surface area (Å²) in [5, 5.41) is 0. The van der Waals surface area contributed by atoms with Gasteiger partial charge >= 0.3 is 0 Å². The van der Waals surface area contributed by atoms with Crippen molar-refractivity contribution in [3.8, 4) is 0 Å². The van der Waals surface area contributed by atoms with Crippen LogP contribution in [0.5, 0.6) is 0 Å². The van der Waals surface area contributed by atoms with Crippen molar-refractivity contribution < 1.29 is 26.3 Å². The molecule has 0 amide bonds. The smallest absolute Gasteiger partial charge is 0.129 e.